The quantitative estimate of drug-likeness (QED) is 0.289. The van der Waals surface area contributed by atoms with E-state index in [1.54, 1.807) is 36.4 Å². The number of rotatable bonds is 5. The van der Waals surface area contributed by atoms with Gasteiger partial charge in [0.25, 0.3) is 11.8 Å². The van der Waals surface area contributed by atoms with Gasteiger partial charge < -0.3 is 10.6 Å². The molecule has 0 spiro atoms. The van der Waals surface area contributed by atoms with Crippen LogP contribution in [0.15, 0.2) is 103 Å². The minimum Gasteiger partial charge on any atom is -0.322 e. The van der Waals surface area contributed by atoms with Crippen molar-refractivity contribution in [3.63, 3.8) is 0 Å². The van der Waals surface area contributed by atoms with Crippen molar-refractivity contribution in [3.8, 4) is 11.3 Å². The second kappa shape index (κ2) is 9.84. The topological polar surface area (TPSA) is 71.1 Å². The van der Waals surface area contributed by atoms with Crippen molar-refractivity contribution in [1.29, 1.82) is 0 Å². The van der Waals surface area contributed by atoms with Crippen LogP contribution in [0.4, 0.5) is 11.4 Å². The second-order valence-corrected chi connectivity index (χ2v) is 8.74. The molecule has 0 fully saturated rings. The maximum atomic E-state index is 13.4. The van der Waals surface area contributed by atoms with Crippen molar-refractivity contribution in [3.05, 3.63) is 125 Å². The van der Waals surface area contributed by atoms with Crippen LogP contribution in [0.3, 0.4) is 0 Å². The summed E-state index contributed by atoms with van der Waals surface area (Å²) in [5.41, 5.74) is 7.10. The standard InChI is InChI=1S/C31H25N3O2/c1-20-11-13-22(14-12-20)28-19-27(26-10-6-7-21(2)29(26)34-28)31(36)33-25-17-15-24(16-18-25)32-30(35)23-8-4-3-5-9-23/h3-19H,1-2H3,(H,32,35)(H,33,36). The van der Waals surface area contributed by atoms with Crippen molar-refractivity contribution >= 4 is 34.1 Å². The van der Waals surface area contributed by atoms with Gasteiger partial charge in [0, 0.05) is 27.9 Å². The molecule has 36 heavy (non-hydrogen) atoms. The molecule has 0 aliphatic rings. The van der Waals surface area contributed by atoms with E-state index in [9.17, 15) is 9.59 Å². The second-order valence-electron chi connectivity index (χ2n) is 8.74. The average Bonchev–Trinajstić information content (AvgIpc) is 2.90. The number of anilines is 2. The predicted octanol–water partition coefficient (Wildman–Crippen LogP) is 7.02. The summed E-state index contributed by atoms with van der Waals surface area (Å²) in [6.45, 7) is 4.04. The number of nitrogens with one attached hydrogen (secondary N) is 2. The molecule has 0 saturated heterocycles. The average molecular weight is 472 g/mol. The van der Waals surface area contributed by atoms with E-state index in [1.165, 1.54) is 0 Å². The van der Waals surface area contributed by atoms with Gasteiger partial charge in [-0.25, -0.2) is 4.98 Å². The monoisotopic (exact) mass is 471 g/mol. The molecule has 0 bridgehead atoms. The van der Waals surface area contributed by atoms with E-state index < -0.39 is 0 Å². The third-order valence-electron chi connectivity index (χ3n) is 6.07. The van der Waals surface area contributed by atoms with Crippen LogP contribution < -0.4 is 10.6 Å². The number of benzene rings is 4. The van der Waals surface area contributed by atoms with E-state index in [0.717, 1.165) is 33.3 Å². The first-order valence-electron chi connectivity index (χ1n) is 11.7. The zero-order valence-corrected chi connectivity index (χ0v) is 20.1. The van der Waals surface area contributed by atoms with Crippen LogP contribution in [0.2, 0.25) is 0 Å². The Hall–Kier alpha value is -4.77. The first kappa shape index (κ1) is 23.0. The summed E-state index contributed by atoms with van der Waals surface area (Å²) in [5, 5.41) is 6.66. The van der Waals surface area contributed by atoms with E-state index in [1.807, 2.05) is 80.6 Å². The zero-order chi connectivity index (χ0) is 25.1. The number of para-hydroxylation sites is 1. The molecule has 2 N–H and O–H groups in total. The minimum atomic E-state index is -0.220. The van der Waals surface area contributed by atoms with Gasteiger partial charge in [0.05, 0.1) is 16.8 Å². The lowest BCUT2D eigenvalue weighted by molar-refractivity contribution is 0.101. The molecule has 0 saturated carbocycles. The molecule has 0 atom stereocenters. The zero-order valence-electron chi connectivity index (χ0n) is 20.1. The fourth-order valence-electron chi connectivity index (χ4n) is 4.08. The van der Waals surface area contributed by atoms with Gasteiger partial charge in [0.1, 0.15) is 0 Å². The molecular formula is C31H25N3O2. The highest BCUT2D eigenvalue weighted by Crippen LogP contribution is 2.28. The highest BCUT2D eigenvalue weighted by molar-refractivity contribution is 6.13. The molecule has 0 radical (unpaired) electrons. The number of carbonyl (C=O) groups is 2. The number of fused-ring (bicyclic) bond motifs is 1. The van der Waals surface area contributed by atoms with Crippen LogP contribution >= 0.6 is 0 Å². The van der Waals surface area contributed by atoms with E-state index in [0.29, 0.717) is 22.5 Å². The lowest BCUT2D eigenvalue weighted by atomic mass is 10.0. The number of pyridine rings is 1. The number of amides is 2. The molecule has 176 valence electrons. The van der Waals surface area contributed by atoms with Crippen molar-refractivity contribution in [2.75, 3.05) is 10.6 Å². The van der Waals surface area contributed by atoms with Gasteiger partial charge in [0.15, 0.2) is 0 Å². The molecule has 1 heterocycles. The van der Waals surface area contributed by atoms with Crippen molar-refractivity contribution < 1.29 is 9.59 Å². The van der Waals surface area contributed by atoms with E-state index in [4.69, 9.17) is 4.98 Å². The van der Waals surface area contributed by atoms with Crippen molar-refractivity contribution in [2.45, 2.75) is 13.8 Å². The van der Waals surface area contributed by atoms with Crippen LogP contribution in [0.25, 0.3) is 22.2 Å². The van der Waals surface area contributed by atoms with Crippen LogP contribution in [0, 0.1) is 13.8 Å². The fraction of sp³-hybridized carbons (Fsp3) is 0.0645. The smallest absolute Gasteiger partial charge is 0.256 e. The molecule has 4 aromatic carbocycles. The number of hydrogen-bond acceptors (Lipinski definition) is 3. The molecule has 0 aliphatic heterocycles. The van der Waals surface area contributed by atoms with Crippen LogP contribution in [0.1, 0.15) is 31.8 Å². The van der Waals surface area contributed by atoms with Gasteiger partial charge in [-0.1, -0.05) is 66.2 Å². The SMILES string of the molecule is Cc1ccc(-c2cc(C(=O)Nc3ccc(NC(=O)c4ccccc4)cc3)c3cccc(C)c3n2)cc1. The predicted molar refractivity (Wildman–Crippen MR) is 145 cm³/mol. The summed E-state index contributed by atoms with van der Waals surface area (Å²) in [7, 11) is 0. The summed E-state index contributed by atoms with van der Waals surface area (Å²) in [5.74, 6) is -0.405. The Kier molecular flexibility index (Phi) is 6.29. The Balaban J connectivity index is 1.41. The number of carbonyl (C=O) groups excluding carboxylic acids is 2. The lowest BCUT2D eigenvalue weighted by Crippen LogP contribution is -2.14. The minimum absolute atomic E-state index is 0.186. The van der Waals surface area contributed by atoms with Crippen LogP contribution in [0.5, 0.6) is 0 Å². The van der Waals surface area contributed by atoms with Gasteiger partial charge in [0.2, 0.25) is 0 Å². The van der Waals surface area contributed by atoms with Gasteiger partial charge in [-0.15, -0.1) is 0 Å². The maximum absolute atomic E-state index is 13.4. The van der Waals surface area contributed by atoms with Crippen molar-refractivity contribution in [2.24, 2.45) is 0 Å². The Morgan fingerprint density at radius 1 is 0.667 bits per heavy atom. The summed E-state index contributed by atoms with van der Waals surface area (Å²) in [6, 6.07) is 31.9. The third-order valence-corrected chi connectivity index (χ3v) is 6.07. The molecule has 2 amide bonds. The number of aryl methyl sites for hydroxylation is 2. The van der Waals surface area contributed by atoms with Crippen LogP contribution in [-0.2, 0) is 0 Å². The lowest BCUT2D eigenvalue weighted by Gasteiger charge is -2.13. The maximum Gasteiger partial charge on any atom is 0.256 e. The Labute approximate surface area is 209 Å². The normalized spacial score (nSPS) is 10.7. The summed E-state index contributed by atoms with van der Waals surface area (Å²) in [6.07, 6.45) is 0. The highest BCUT2D eigenvalue weighted by Gasteiger charge is 2.16. The Morgan fingerprint density at radius 2 is 1.31 bits per heavy atom. The summed E-state index contributed by atoms with van der Waals surface area (Å²) >= 11 is 0. The van der Waals surface area contributed by atoms with Crippen LogP contribution in [-0.4, -0.2) is 16.8 Å². The number of nitrogens with zero attached hydrogens (tertiary/aromatic N) is 1. The molecule has 5 aromatic rings. The molecular weight excluding hydrogens is 446 g/mol. The van der Waals surface area contributed by atoms with Crippen molar-refractivity contribution in [1.82, 2.24) is 4.98 Å². The van der Waals surface area contributed by atoms with E-state index in [2.05, 4.69) is 10.6 Å². The molecule has 0 aliphatic carbocycles. The van der Waals surface area contributed by atoms with Gasteiger partial charge in [-0.2, -0.15) is 0 Å². The Morgan fingerprint density at radius 3 is 1.97 bits per heavy atom. The first-order valence-corrected chi connectivity index (χ1v) is 11.7. The largest absolute Gasteiger partial charge is 0.322 e. The Bertz CT molecular complexity index is 1560. The summed E-state index contributed by atoms with van der Waals surface area (Å²) in [4.78, 5) is 30.7. The van der Waals surface area contributed by atoms with Gasteiger partial charge in [-0.05, 0) is 61.9 Å². The number of aromatic nitrogens is 1. The molecule has 1 aromatic heterocycles. The molecule has 5 heteroatoms. The fourth-order valence-corrected chi connectivity index (χ4v) is 4.08. The molecule has 0 unspecified atom stereocenters. The summed E-state index contributed by atoms with van der Waals surface area (Å²) < 4.78 is 0. The highest BCUT2D eigenvalue weighted by atomic mass is 16.2. The van der Waals surface area contributed by atoms with Gasteiger partial charge in [-0.3, -0.25) is 9.59 Å². The van der Waals surface area contributed by atoms with E-state index >= 15 is 0 Å². The first-order chi connectivity index (χ1) is 17.5. The van der Waals surface area contributed by atoms with Gasteiger partial charge >= 0.3 is 0 Å². The molecule has 5 rings (SSSR count). The number of hydrogen-bond donors (Lipinski definition) is 2. The molecule has 5 nitrogen and oxygen atoms in total. The van der Waals surface area contributed by atoms with E-state index in [-0.39, 0.29) is 11.8 Å². The third kappa shape index (κ3) is 4.86.